The highest BCUT2D eigenvalue weighted by atomic mass is 16.3. The lowest BCUT2D eigenvalue weighted by molar-refractivity contribution is 0.0877. The van der Waals surface area contributed by atoms with Gasteiger partial charge in [0.1, 0.15) is 0 Å². The number of hydrogen-bond acceptors (Lipinski definition) is 2. The molecular weight excluding hydrogens is 246 g/mol. The van der Waals surface area contributed by atoms with Crippen LogP contribution in [0.3, 0.4) is 0 Å². The van der Waals surface area contributed by atoms with Gasteiger partial charge in [-0.1, -0.05) is 40.7 Å². The lowest BCUT2D eigenvalue weighted by Crippen LogP contribution is -2.55. The van der Waals surface area contributed by atoms with Crippen LogP contribution in [0.5, 0.6) is 0 Å². The van der Waals surface area contributed by atoms with Crippen molar-refractivity contribution in [3.8, 4) is 0 Å². The van der Waals surface area contributed by atoms with E-state index in [2.05, 4.69) is 46.5 Å². The molecule has 0 aromatic rings. The van der Waals surface area contributed by atoms with Gasteiger partial charge in [0, 0.05) is 11.6 Å². The average molecular weight is 281 g/mol. The molecule has 2 heteroatoms. The minimum absolute atomic E-state index is 0.154. The van der Waals surface area contributed by atoms with E-state index in [0.717, 1.165) is 12.3 Å². The van der Waals surface area contributed by atoms with Crippen molar-refractivity contribution in [1.29, 1.82) is 0 Å². The fourth-order valence-corrected chi connectivity index (χ4v) is 3.54. The average Bonchev–Trinajstić information content (AvgIpc) is 2.35. The Bertz CT molecular complexity index is 295. The van der Waals surface area contributed by atoms with Crippen LogP contribution in [0, 0.1) is 17.3 Å². The van der Waals surface area contributed by atoms with Gasteiger partial charge in [-0.3, -0.25) is 0 Å². The van der Waals surface area contributed by atoms with Crippen LogP contribution in [0.15, 0.2) is 12.7 Å². The van der Waals surface area contributed by atoms with Crippen molar-refractivity contribution >= 4 is 0 Å². The molecule has 0 aromatic carbocycles. The van der Waals surface area contributed by atoms with Crippen LogP contribution in [0.4, 0.5) is 0 Å². The summed E-state index contributed by atoms with van der Waals surface area (Å²) in [5.74, 6) is 1.27. The minimum atomic E-state index is 0.154. The predicted octanol–water partition coefficient (Wildman–Crippen LogP) is 4.14. The standard InChI is InChI=1S/C18H35NO/c1-7-10-18(19-16(13-20)14(2)3)11-8-15(9-12-18)17(4,5)6/h7,14-16,19-20H,1,8-13H2,2-6H3. The lowest BCUT2D eigenvalue weighted by Gasteiger charge is -2.46. The van der Waals surface area contributed by atoms with E-state index in [4.69, 9.17) is 0 Å². The molecule has 1 aliphatic carbocycles. The summed E-state index contributed by atoms with van der Waals surface area (Å²) in [6.07, 6.45) is 8.00. The molecule has 1 unspecified atom stereocenters. The van der Waals surface area contributed by atoms with Crippen molar-refractivity contribution in [3.63, 3.8) is 0 Å². The second kappa shape index (κ2) is 7.09. The fourth-order valence-electron chi connectivity index (χ4n) is 3.54. The smallest absolute Gasteiger partial charge is 0.0587 e. The molecule has 0 spiro atoms. The van der Waals surface area contributed by atoms with E-state index in [-0.39, 0.29) is 18.2 Å². The first kappa shape index (κ1) is 17.7. The second-order valence-corrected chi connectivity index (χ2v) is 8.09. The molecule has 0 bridgehead atoms. The van der Waals surface area contributed by atoms with Gasteiger partial charge >= 0.3 is 0 Å². The molecule has 1 aliphatic rings. The Hall–Kier alpha value is -0.340. The van der Waals surface area contributed by atoms with Gasteiger partial charge in [-0.15, -0.1) is 6.58 Å². The van der Waals surface area contributed by atoms with Crippen LogP contribution in [-0.2, 0) is 0 Å². The monoisotopic (exact) mass is 281 g/mol. The van der Waals surface area contributed by atoms with Gasteiger partial charge in [0.25, 0.3) is 0 Å². The molecule has 0 heterocycles. The van der Waals surface area contributed by atoms with Crippen LogP contribution >= 0.6 is 0 Å². The molecule has 0 saturated heterocycles. The summed E-state index contributed by atoms with van der Waals surface area (Å²) < 4.78 is 0. The molecule has 1 rings (SSSR count). The molecule has 1 fully saturated rings. The van der Waals surface area contributed by atoms with Crippen LogP contribution in [0.25, 0.3) is 0 Å². The van der Waals surface area contributed by atoms with E-state index in [1.165, 1.54) is 25.7 Å². The molecule has 1 atom stereocenters. The summed E-state index contributed by atoms with van der Waals surface area (Å²) in [6.45, 7) is 15.6. The second-order valence-electron chi connectivity index (χ2n) is 8.09. The Balaban J connectivity index is 2.73. The molecule has 20 heavy (non-hydrogen) atoms. The van der Waals surface area contributed by atoms with Crippen molar-refractivity contribution in [3.05, 3.63) is 12.7 Å². The predicted molar refractivity (Wildman–Crippen MR) is 87.8 cm³/mol. The maximum absolute atomic E-state index is 9.60. The van der Waals surface area contributed by atoms with Crippen molar-refractivity contribution in [1.82, 2.24) is 5.32 Å². The first-order valence-electron chi connectivity index (χ1n) is 8.23. The lowest BCUT2D eigenvalue weighted by atomic mass is 9.66. The van der Waals surface area contributed by atoms with E-state index in [9.17, 15) is 5.11 Å². The largest absolute Gasteiger partial charge is 0.395 e. The zero-order valence-corrected chi connectivity index (χ0v) is 14.2. The van der Waals surface area contributed by atoms with E-state index in [1.54, 1.807) is 0 Å². The molecular formula is C18H35NO. The molecule has 1 saturated carbocycles. The number of rotatable bonds is 6. The van der Waals surface area contributed by atoms with E-state index >= 15 is 0 Å². The van der Waals surface area contributed by atoms with Crippen LogP contribution in [-0.4, -0.2) is 23.3 Å². The molecule has 0 radical (unpaired) electrons. The highest BCUT2D eigenvalue weighted by Crippen LogP contribution is 2.43. The molecule has 2 nitrogen and oxygen atoms in total. The van der Waals surface area contributed by atoms with Crippen LogP contribution in [0.1, 0.15) is 66.7 Å². The van der Waals surface area contributed by atoms with E-state index in [1.807, 2.05) is 6.08 Å². The first-order chi connectivity index (χ1) is 9.24. The quantitative estimate of drug-likeness (QED) is 0.717. The van der Waals surface area contributed by atoms with E-state index < -0.39 is 0 Å². The highest BCUT2D eigenvalue weighted by molar-refractivity contribution is 5.00. The number of aliphatic hydroxyl groups excluding tert-OH is 1. The van der Waals surface area contributed by atoms with Gasteiger partial charge in [-0.25, -0.2) is 0 Å². The van der Waals surface area contributed by atoms with Crippen molar-refractivity contribution in [2.45, 2.75) is 78.3 Å². The first-order valence-corrected chi connectivity index (χ1v) is 8.23. The van der Waals surface area contributed by atoms with Crippen molar-refractivity contribution in [2.24, 2.45) is 17.3 Å². The van der Waals surface area contributed by atoms with Crippen molar-refractivity contribution in [2.75, 3.05) is 6.61 Å². The summed E-state index contributed by atoms with van der Waals surface area (Å²) in [7, 11) is 0. The number of nitrogens with one attached hydrogen (secondary N) is 1. The molecule has 2 N–H and O–H groups in total. The Labute approximate surface area is 126 Å². The molecule has 0 amide bonds. The summed E-state index contributed by atoms with van der Waals surface area (Å²) in [6, 6.07) is 0.195. The SMILES string of the molecule is C=CCC1(NC(CO)C(C)C)CCC(C(C)(C)C)CC1. The summed E-state index contributed by atoms with van der Waals surface area (Å²) in [4.78, 5) is 0. The van der Waals surface area contributed by atoms with Gasteiger partial charge in [-0.2, -0.15) is 0 Å². The summed E-state index contributed by atoms with van der Waals surface area (Å²) in [5.41, 5.74) is 0.565. The normalized spacial score (nSPS) is 29.4. The summed E-state index contributed by atoms with van der Waals surface area (Å²) in [5, 5.41) is 13.4. The maximum atomic E-state index is 9.60. The highest BCUT2D eigenvalue weighted by Gasteiger charge is 2.39. The number of hydrogen-bond donors (Lipinski definition) is 2. The third kappa shape index (κ3) is 4.60. The fraction of sp³-hybridized carbons (Fsp3) is 0.889. The van der Waals surface area contributed by atoms with E-state index in [0.29, 0.717) is 11.3 Å². The minimum Gasteiger partial charge on any atom is -0.395 e. The Morgan fingerprint density at radius 3 is 2.20 bits per heavy atom. The third-order valence-electron chi connectivity index (χ3n) is 5.20. The van der Waals surface area contributed by atoms with Crippen LogP contribution < -0.4 is 5.32 Å². The number of aliphatic hydroxyl groups is 1. The van der Waals surface area contributed by atoms with Gasteiger partial charge in [0.05, 0.1) is 6.61 Å². The topological polar surface area (TPSA) is 32.3 Å². The van der Waals surface area contributed by atoms with Crippen molar-refractivity contribution < 1.29 is 5.11 Å². The Kier molecular flexibility index (Phi) is 6.27. The maximum Gasteiger partial charge on any atom is 0.0587 e. The zero-order valence-electron chi connectivity index (χ0n) is 14.2. The van der Waals surface area contributed by atoms with Crippen LogP contribution in [0.2, 0.25) is 0 Å². The molecule has 118 valence electrons. The summed E-state index contributed by atoms with van der Waals surface area (Å²) >= 11 is 0. The van der Waals surface area contributed by atoms with Gasteiger partial charge in [0.2, 0.25) is 0 Å². The van der Waals surface area contributed by atoms with Gasteiger partial charge < -0.3 is 10.4 Å². The molecule has 0 aliphatic heterocycles. The zero-order chi connectivity index (χ0) is 15.4. The molecule has 0 aromatic heterocycles. The van der Waals surface area contributed by atoms with Gasteiger partial charge in [0.15, 0.2) is 0 Å². The third-order valence-corrected chi connectivity index (χ3v) is 5.20. The Morgan fingerprint density at radius 2 is 1.85 bits per heavy atom. The Morgan fingerprint density at radius 1 is 1.30 bits per heavy atom. The van der Waals surface area contributed by atoms with Gasteiger partial charge in [-0.05, 0) is 49.4 Å².